The highest BCUT2D eigenvalue weighted by Crippen LogP contribution is 2.23. The normalized spacial score (nSPS) is 14.0. The summed E-state index contributed by atoms with van der Waals surface area (Å²) in [4.78, 5) is 10.4. The van der Waals surface area contributed by atoms with Gasteiger partial charge in [-0.25, -0.2) is 4.79 Å². The zero-order valence-corrected chi connectivity index (χ0v) is 9.77. The fourth-order valence-electron chi connectivity index (χ4n) is 1.48. The largest absolute Gasteiger partial charge is 0.465 e. The zero-order valence-electron chi connectivity index (χ0n) is 9.77. The van der Waals surface area contributed by atoms with Gasteiger partial charge in [0.2, 0.25) is 0 Å². The molecule has 8 heteroatoms. The number of hydrogen-bond donors (Lipinski definition) is 3. The van der Waals surface area contributed by atoms with Crippen molar-refractivity contribution in [1.29, 1.82) is 0 Å². The van der Waals surface area contributed by atoms with Crippen molar-refractivity contribution < 1.29 is 28.3 Å². The van der Waals surface area contributed by atoms with Gasteiger partial charge in [-0.3, -0.25) is 0 Å². The molecule has 0 aliphatic carbocycles. The van der Waals surface area contributed by atoms with Gasteiger partial charge in [-0.1, -0.05) is 29.4 Å². The molecule has 0 saturated carbocycles. The Bertz CT molecular complexity index is 483. The van der Waals surface area contributed by atoms with E-state index >= 15 is 0 Å². The van der Waals surface area contributed by atoms with Crippen molar-refractivity contribution in [3.05, 3.63) is 35.4 Å². The van der Waals surface area contributed by atoms with Gasteiger partial charge in [0, 0.05) is 5.56 Å². The molecule has 1 rings (SSSR count). The Balaban J connectivity index is 2.96. The average molecular weight is 276 g/mol. The average Bonchev–Trinajstić information content (AvgIpc) is 2.28. The Kier molecular flexibility index (Phi) is 4.36. The lowest BCUT2D eigenvalue weighted by Gasteiger charge is -2.13. The van der Waals surface area contributed by atoms with Gasteiger partial charge in [-0.05, 0) is 12.5 Å². The second kappa shape index (κ2) is 5.59. The number of nitrogens with one attached hydrogen (secondary N) is 1. The molecule has 1 aromatic rings. The van der Waals surface area contributed by atoms with Crippen molar-refractivity contribution in [2.24, 2.45) is 5.16 Å². The predicted octanol–water partition coefficient (Wildman–Crippen LogP) is 2.76. The van der Waals surface area contributed by atoms with Crippen LogP contribution in [0.1, 0.15) is 24.1 Å². The van der Waals surface area contributed by atoms with E-state index in [2.05, 4.69) is 10.5 Å². The van der Waals surface area contributed by atoms with Gasteiger partial charge < -0.3 is 15.6 Å². The van der Waals surface area contributed by atoms with Crippen molar-refractivity contribution in [1.82, 2.24) is 5.32 Å². The second-order valence-electron chi connectivity index (χ2n) is 3.74. The predicted molar refractivity (Wildman–Crippen MR) is 60.4 cm³/mol. The van der Waals surface area contributed by atoms with Gasteiger partial charge in [0.05, 0.1) is 6.04 Å². The molecule has 1 atom stereocenters. The third kappa shape index (κ3) is 3.87. The van der Waals surface area contributed by atoms with Crippen LogP contribution in [-0.2, 0) is 0 Å². The van der Waals surface area contributed by atoms with Gasteiger partial charge in [0.15, 0.2) is 5.71 Å². The van der Waals surface area contributed by atoms with E-state index in [-0.39, 0.29) is 5.56 Å². The lowest BCUT2D eigenvalue weighted by atomic mass is 10.0. The lowest BCUT2D eigenvalue weighted by Crippen LogP contribution is -2.25. The standard InChI is InChI=1S/C11H11F3N2O3/c1-6(15-10(17)18)7-2-4-8(5-3-7)9(16-19)11(12,13)14/h2-6,15,19H,1H3,(H,17,18)/b16-9-. The number of nitrogens with zero attached hydrogens (tertiary/aromatic N) is 1. The molecule has 0 bridgehead atoms. The first kappa shape index (κ1) is 14.8. The van der Waals surface area contributed by atoms with E-state index in [0.717, 1.165) is 12.1 Å². The SMILES string of the molecule is CC(NC(=O)O)c1ccc(/C(=N/O)C(F)(F)F)cc1. The molecule has 0 heterocycles. The van der Waals surface area contributed by atoms with E-state index in [0.29, 0.717) is 5.56 Å². The topological polar surface area (TPSA) is 81.9 Å². The number of amides is 1. The number of halogens is 3. The van der Waals surface area contributed by atoms with Gasteiger partial charge in [0.1, 0.15) is 0 Å². The molecule has 0 aliphatic rings. The summed E-state index contributed by atoms with van der Waals surface area (Å²) in [7, 11) is 0. The van der Waals surface area contributed by atoms with Gasteiger partial charge in [-0.15, -0.1) is 0 Å². The van der Waals surface area contributed by atoms with Crippen LogP contribution in [0.15, 0.2) is 29.4 Å². The first-order valence-electron chi connectivity index (χ1n) is 5.14. The maximum absolute atomic E-state index is 12.5. The first-order valence-corrected chi connectivity index (χ1v) is 5.14. The highest BCUT2D eigenvalue weighted by molar-refractivity contribution is 6.04. The van der Waals surface area contributed by atoms with E-state index in [1.54, 1.807) is 6.92 Å². The number of alkyl halides is 3. The molecular weight excluding hydrogens is 265 g/mol. The van der Waals surface area contributed by atoms with Gasteiger partial charge in [0.25, 0.3) is 0 Å². The van der Waals surface area contributed by atoms with E-state index in [4.69, 9.17) is 10.3 Å². The Morgan fingerprint density at radius 1 is 1.32 bits per heavy atom. The van der Waals surface area contributed by atoms with E-state index in [9.17, 15) is 18.0 Å². The highest BCUT2D eigenvalue weighted by Gasteiger charge is 2.37. The van der Waals surface area contributed by atoms with Crippen molar-refractivity contribution in [2.75, 3.05) is 0 Å². The van der Waals surface area contributed by atoms with Crippen LogP contribution in [0.25, 0.3) is 0 Å². The minimum atomic E-state index is -4.76. The molecular formula is C11H11F3N2O3. The Hall–Kier alpha value is -2.25. The minimum absolute atomic E-state index is 0.304. The monoisotopic (exact) mass is 276 g/mol. The lowest BCUT2D eigenvalue weighted by molar-refractivity contribution is -0.0601. The molecule has 5 nitrogen and oxygen atoms in total. The molecule has 0 fully saturated rings. The summed E-state index contributed by atoms with van der Waals surface area (Å²) in [6, 6.07) is 4.31. The number of carbonyl (C=O) groups is 1. The molecule has 1 aromatic carbocycles. The zero-order chi connectivity index (χ0) is 14.6. The fourth-order valence-corrected chi connectivity index (χ4v) is 1.48. The molecule has 19 heavy (non-hydrogen) atoms. The summed E-state index contributed by atoms with van der Waals surface area (Å²) in [6.45, 7) is 1.55. The molecule has 1 unspecified atom stereocenters. The Labute approximate surface area is 106 Å². The van der Waals surface area contributed by atoms with Crippen molar-refractivity contribution in [3.63, 3.8) is 0 Å². The molecule has 0 saturated heterocycles. The number of rotatable bonds is 3. The minimum Gasteiger partial charge on any atom is -0.465 e. The Morgan fingerprint density at radius 3 is 2.21 bits per heavy atom. The summed E-state index contributed by atoms with van der Waals surface area (Å²) in [5, 5.41) is 21.3. The highest BCUT2D eigenvalue weighted by atomic mass is 19.4. The quantitative estimate of drug-likeness (QED) is 0.451. The number of carboxylic acid groups (broad SMARTS) is 1. The third-order valence-corrected chi connectivity index (χ3v) is 2.39. The second-order valence-corrected chi connectivity index (χ2v) is 3.74. The molecule has 104 valence electrons. The fraction of sp³-hybridized carbons (Fsp3) is 0.273. The van der Waals surface area contributed by atoms with Crippen LogP contribution in [0.3, 0.4) is 0 Å². The molecule has 0 radical (unpaired) electrons. The van der Waals surface area contributed by atoms with Crippen LogP contribution in [0.5, 0.6) is 0 Å². The smallest absolute Gasteiger partial charge is 0.437 e. The number of hydrogen-bond acceptors (Lipinski definition) is 3. The van der Waals surface area contributed by atoms with Crippen LogP contribution >= 0.6 is 0 Å². The van der Waals surface area contributed by atoms with Crippen molar-refractivity contribution in [3.8, 4) is 0 Å². The molecule has 0 aliphatic heterocycles. The maximum Gasteiger partial charge on any atom is 0.437 e. The molecule has 0 spiro atoms. The van der Waals surface area contributed by atoms with Crippen LogP contribution in [0.2, 0.25) is 0 Å². The van der Waals surface area contributed by atoms with Gasteiger partial charge in [-0.2, -0.15) is 13.2 Å². The van der Waals surface area contributed by atoms with E-state index in [1.807, 2.05) is 0 Å². The third-order valence-electron chi connectivity index (χ3n) is 2.39. The summed E-state index contributed by atoms with van der Waals surface area (Å²) in [5.41, 5.74) is -1.22. The molecule has 0 aromatic heterocycles. The van der Waals surface area contributed by atoms with E-state index < -0.39 is 24.0 Å². The van der Waals surface area contributed by atoms with Gasteiger partial charge >= 0.3 is 12.3 Å². The van der Waals surface area contributed by atoms with Crippen molar-refractivity contribution >= 4 is 11.8 Å². The van der Waals surface area contributed by atoms with Crippen LogP contribution in [0.4, 0.5) is 18.0 Å². The van der Waals surface area contributed by atoms with Crippen molar-refractivity contribution in [2.45, 2.75) is 19.1 Å². The summed E-state index contributed by atoms with van der Waals surface area (Å²) in [6.07, 6.45) is -5.99. The number of benzene rings is 1. The summed E-state index contributed by atoms with van der Waals surface area (Å²) in [5.74, 6) is 0. The molecule has 1 amide bonds. The van der Waals surface area contributed by atoms with Crippen LogP contribution < -0.4 is 5.32 Å². The number of oxime groups is 1. The van der Waals surface area contributed by atoms with Crippen LogP contribution in [0, 0.1) is 0 Å². The van der Waals surface area contributed by atoms with E-state index in [1.165, 1.54) is 12.1 Å². The Morgan fingerprint density at radius 2 is 1.84 bits per heavy atom. The summed E-state index contributed by atoms with van der Waals surface area (Å²) < 4.78 is 37.4. The van der Waals surface area contributed by atoms with Crippen LogP contribution in [-0.4, -0.2) is 28.3 Å². The summed E-state index contributed by atoms with van der Waals surface area (Å²) >= 11 is 0. The first-order chi connectivity index (χ1) is 8.75. The molecule has 3 N–H and O–H groups in total. The maximum atomic E-state index is 12.5.